The molecule has 16 heavy (non-hydrogen) atoms. The predicted molar refractivity (Wildman–Crippen MR) is 83.1 cm³/mol. The second-order valence-corrected chi connectivity index (χ2v) is 16.0. The summed E-state index contributed by atoms with van der Waals surface area (Å²) in [5.74, 6) is 0. The fourth-order valence-electron chi connectivity index (χ4n) is 1.31. The Labute approximate surface area is 123 Å². The third kappa shape index (κ3) is 5.00. The molecule has 0 aliphatic heterocycles. The van der Waals surface area contributed by atoms with Crippen molar-refractivity contribution in [1.82, 2.24) is 0 Å². The van der Waals surface area contributed by atoms with Crippen LogP contribution in [0.2, 0.25) is 19.6 Å². The minimum atomic E-state index is -1.60. The van der Waals surface area contributed by atoms with Gasteiger partial charge in [0, 0.05) is 0 Å². The number of hydrogen-bond donors (Lipinski definition) is 0. The van der Waals surface area contributed by atoms with Gasteiger partial charge in [0.25, 0.3) is 0 Å². The molecule has 0 N–H and O–H groups in total. The van der Waals surface area contributed by atoms with Crippen LogP contribution in [0.5, 0.6) is 0 Å². The average Bonchev–Trinajstić information content (AvgIpc) is 2.13. The van der Waals surface area contributed by atoms with Gasteiger partial charge < -0.3 is 4.43 Å². The van der Waals surface area contributed by atoms with E-state index in [-0.39, 0.29) is 6.10 Å². The van der Waals surface area contributed by atoms with E-state index in [9.17, 15) is 0 Å². The summed E-state index contributed by atoms with van der Waals surface area (Å²) in [6, 6.07) is 10.2. The zero-order valence-corrected chi connectivity index (χ0v) is 15.3. The molecule has 0 fully saturated rings. The molecule has 0 saturated heterocycles. The first kappa shape index (κ1) is 14.9. The lowest BCUT2D eigenvalue weighted by Crippen LogP contribution is -2.33. The van der Waals surface area contributed by atoms with Crippen LogP contribution in [0.1, 0.15) is 11.7 Å². The Morgan fingerprint density at radius 1 is 1.06 bits per heavy atom. The minimum Gasteiger partial charge on any atom is -0.408 e. The molecular weight excluding hydrogens is 416 g/mol. The van der Waals surface area contributed by atoms with Gasteiger partial charge in [0.1, 0.15) is 6.10 Å². The van der Waals surface area contributed by atoms with Crippen LogP contribution >= 0.6 is 47.8 Å². The second-order valence-electron chi connectivity index (χ2n) is 4.56. The highest BCUT2D eigenvalue weighted by Crippen LogP contribution is 2.48. The molecule has 0 spiro atoms. The Hall–Kier alpha value is 0.837. The smallest absolute Gasteiger partial charge is 0.184 e. The van der Waals surface area contributed by atoms with E-state index in [2.05, 4.69) is 79.6 Å². The van der Waals surface area contributed by atoms with E-state index in [0.29, 0.717) is 0 Å². The number of halogens is 3. The molecule has 0 aliphatic carbocycles. The van der Waals surface area contributed by atoms with Crippen LogP contribution in [0, 0.1) is 0 Å². The number of hydrogen-bond acceptors (Lipinski definition) is 1. The van der Waals surface area contributed by atoms with E-state index in [4.69, 9.17) is 4.43 Å². The second kappa shape index (κ2) is 5.65. The molecule has 0 saturated carbocycles. The van der Waals surface area contributed by atoms with E-state index < -0.39 is 10.5 Å². The maximum absolute atomic E-state index is 6.19. The van der Waals surface area contributed by atoms with Crippen molar-refractivity contribution >= 4 is 56.1 Å². The highest BCUT2D eigenvalue weighted by atomic mass is 80.0. The Bertz CT molecular complexity index is 329. The van der Waals surface area contributed by atoms with Crippen molar-refractivity contribution in [3.05, 3.63) is 35.9 Å². The molecule has 0 amide bonds. The summed E-state index contributed by atoms with van der Waals surface area (Å²) in [6.07, 6.45) is -0.0552. The summed E-state index contributed by atoms with van der Waals surface area (Å²) >= 11 is 10.7. The third-order valence-corrected chi connectivity index (χ3v) is 4.06. The van der Waals surface area contributed by atoms with Crippen LogP contribution in [0.15, 0.2) is 30.3 Å². The van der Waals surface area contributed by atoms with Gasteiger partial charge in [0.2, 0.25) is 0 Å². The van der Waals surface area contributed by atoms with Crippen LogP contribution in [-0.4, -0.2) is 10.5 Å². The van der Waals surface area contributed by atoms with Crippen molar-refractivity contribution < 1.29 is 4.43 Å². The summed E-state index contributed by atoms with van der Waals surface area (Å²) in [4.78, 5) is 0. The fourth-order valence-corrected chi connectivity index (χ4v) is 3.92. The molecule has 1 aromatic carbocycles. The average molecular weight is 431 g/mol. The first-order chi connectivity index (χ1) is 7.20. The van der Waals surface area contributed by atoms with E-state index >= 15 is 0 Å². The Morgan fingerprint density at radius 2 is 1.56 bits per heavy atom. The molecule has 0 radical (unpaired) electrons. The topological polar surface area (TPSA) is 9.23 Å². The van der Waals surface area contributed by atoms with Crippen molar-refractivity contribution in [2.24, 2.45) is 0 Å². The molecular formula is C11H15Br3OSi. The molecule has 0 aromatic heterocycles. The normalized spacial score (nSPS) is 14.9. The van der Waals surface area contributed by atoms with Gasteiger partial charge in [-0.15, -0.1) is 0 Å². The molecule has 0 bridgehead atoms. The Balaban J connectivity index is 2.98. The summed E-state index contributed by atoms with van der Waals surface area (Å²) in [5, 5.41) is 0. The molecule has 1 atom stereocenters. The highest BCUT2D eigenvalue weighted by Gasteiger charge is 2.36. The number of benzene rings is 1. The zero-order chi connectivity index (χ0) is 12.4. The molecule has 1 nitrogen and oxygen atoms in total. The van der Waals surface area contributed by atoms with Gasteiger partial charge in [-0.05, 0) is 25.2 Å². The lowest BCUT2D eigenvalue weighted by Gasteiger charge is -2.32. The largest absolute Gasteiger partial charge is 0.408 e. The standard InChI is InChI=1S/C11H15Br3OSi/c1-16(2,3)15-10(11(12,13)14)9-7-5-4-6-8-9/h4-8,10H,1-3H3. The van der Waals surface area contributed by atoms with Crippen molar-refractivity contribution in [3.8, 4) is 0 Å². The van der Waals surface area contributed by atoms with Crippen molar-refractivity contribution in [1.29, 1.82) is 0 Å². The van der Waals surface area contributed by atoms with Gasteiger partial charge >= 0.3 is 0 Å². The maximum atomic E-state index is 6.19. The van der Waals surface area contributed by atoms with Gasteiger partial charge in [-0.2, -0.15) is 0 Å². The summed E-state index contributed by atoms with van der Waals surface area (Å²) in [7, 11) is -1.60. The lowest BCUT2D eigenvalue weighted by molar-refractivity contribution is 0.213. The molecule has 0 aliphatic rings. The quantitative estimate of drug-likeness (QED) is 0.459. The Morgan fingerprint density at radius 3 is 1.94 bits per heavy atom. The first-order valence-corrected chi connectivity index (χ1v) is 10.8. The first-order valence-electron chi connectivity index (χ1n) is 4.99. The lowest BCUT2D eigenvalue weighted by atomic mass is 10.1. The summed E-state index contributed by atoms with van der Waals surface area (Å²) in [5.41, 5.74) is 1.15. The van der Waals surface area contributed by atoms with Gasteiger partial charge in [-0.25, -0.2) is 0 Å². The van der Waals surface area contributed by atoms with Gasteiger partial charge in [-0.3, -0.25) is 0 Å². The summed E-state index contributed by atoms with van der Waals surface area (Å²) in [6.45, 7) is 6.55. The van der Waals surface area contributed by atoms with Crippen molar-refractivity contribution in [2.45, 2.75) is 27.9 Å². The van der Waals surface area contributed by atoms with Gasteiger partial charge in [0.05, 0.1) is 0 Å². The van der Waals surface area contributed by atoms with Crippen LogP contribution in [0.4, 0.5) is 0 Å². The van der Waals surface area contributed by atoms with Gasteiger partial charge in [0.15, 0.2) is 10.5 Å². The number of rotatable bonds is 3. The molecule has 0 heterocycles. The summed E-state index contributed by atoms with van der Waals surface area (Å²) < 4.78 is 5.76. The molecule has 5 heteroatoms. The molecule has 90 valence electrons. The highest BCUT2D eigenvalue weighted by molar-refractivity contribution is 9.39. The van der Waals surface area contributed by atoms with Crippen LogP contribution < -0.4 is 0 Å². The van der Waals surface area contributed by atoms with E-state index in [1.54, 1.807) is 0 Å². The van der Waals surface area contributed by atoms with E-state index in [1.807, 2.05) is 18.2 Å². The maximum Gasteiger partial charge on any atom is 0.184 e. The van der Waals surface area contributed by atoms with E-state index in [1.165, 1.54) is 0 Å². The molecule has 1 unspecified atom stereocenters. The number of alkyl halides is 3. The molecule has 1 rings (SSSR count). The Kier molecular flexibility index (Phi) is 5.26. The van der Waals surface area contributed by atoms with Crippen LogP contribution in [-0.2, 0) is 4.43 Å². The minimum absolute atomic E-state index is 0.0552. The van der Waals surface area contributed by atoms with Crippen molar-refractivity contribution in [3.63, 3.8) is 0 Å². The van der Waals surface area contributed by atoms with E-state index in [0.717, 1.165) is 5.56 Å². The van der Waals surface area contributed by atoms with Crippen LogP contribution in [0.3, 0.4) is 0 Å². The fraction of sp³-hybridized carbons (Fsp3) is 0.455. The van der Waals surface area contributed by atoms with Gasteiger partial charge in [-0.1, -0.05) is 78.1 Å². The zero-order valence-electron chi connectivity index (χ0n) is 9.51. The third-order valence-electron chi connectivity index (χ3n) is 1.87. The predicted octanol–water partition coefficient (Wildman–Crippen LogP) is 5.42. The van der Waals surface area contributed by atoms with Crippen LogP contribution in [0.25, 0.3) is 0 Å². The van der Waals surface area contributed by atoms with Crippen molar-refractivity contribution in [2.75, 3.05) is 0 Å². The monoisotopic (exact) mass is 428 g/mol. The SMILES string of the molecule is C[Si](C)(C)OC(c1ccccc1)C(Br)(Br)Br. The molecule has 1 aromatic rings.